The second kappa shape index (κ2) is 10.8. The topological polar surface area (TPSA) is 65.8 Å². The molecule has 0 spiro atoms. The molecule has 0 unspecified atom stereocenters. The van der Waals surface area contributed by atoms with Gasteiger partial charge in [0, 0.05) is 17.6 Å². The van der Waals surface area contributed by atoms with Crippen molar-refractivity contribution < 1.29 is 27.2 Å². The summed E-state index contributed by atoms with van der Waals surface area (Å²) in [5.41, 5.74) is -0.410. The number of furan rings is 1. The molecule has 0 aliphatic heterocycles. The van der Waals surface area contributed by atoms with Gasteiger partial charge in [0.15, 0.2) is 0 Å². The van der Waals surface area contributed by atoms with E-state index in [2.05, 4.69) is 5.32 Å². The number of amides is 2. The highest BCUT2D eigenvalue weighted by molar-refractivity contribution is 6.30. The summed E-state index contributed by atoms with van der Waals surface area (Å²) in [5, 5.41) is 2.88. The molecule has 3 rings (SSSR count). The summed E-state index contributed by atoms with van der Waals surface area (Å²) in [5.74, 6) is 0.272. The minimum atomic E-state index is -4.59. The molecule has 2 amide bonds. The van der Waals surface area contributed by atoms with E-state index in [0.717, 1.165) is 11.6 Å². The van der Waals surface area contributed by atoms with E-state index >= 15 is 0 Å². The minimum absolute atomic E-state index is 0.102. The molecule has 0 saturated heterocycles. The number of rotatable bonds is 8. The molecule has 180 valence electrons. The van der Waals surface area contributed by atoms with Crippen LogP contribution in [0.3, 0.4) is 0 Å². The zero-order valence-corrected chi connectivity index (χ0v) is 19.3. The summed E-state index contributed by atoms with van der Waals surface area (Å²) >= 11 is 5.90. The van der Waals surface area contributed by atoms with Crippen molar-refractivity contribution in [2.75, 3.05) is 32.5 Å². The summed E-state index contributed by atoms with van der Waals surface area (Å²) in [4.78, 5) is 27.6. The van der Waals surface area contributed by atoms with Crippen LogP contribution in [-0.2, 0) is 22.3 Å². The normalized spacial score (nSPS) is 11.5. The first-order valence-corrected chi connectivity index (χ1v) is 10.6. The summed E-state index contributed by atoms with van der Waals surface area (Å²) < 4.78 is 45.1. The first kappa shape index (κ1) is 25.3. The summed E-state index contributed by atoms with van der Waals surface area (Å²) in [6.45, 7) is -0.145. The van der Waals surface area contributed by atoms with Gasteiger partial charge in [-0.2, -0.15) is 13.2 Å². The molecule has 0 aliphatic rings. The lowest BCUT2D eigenvalue weighted by Gasteiger charge is -2.21. The molecular weight excluding hydrogens is 471 g/mol. The standard InChI is InChI=1S/C24H23ClF3N3O3/c1-30(14-22(32)29-20-6-4-3-5-19(20)24(26,27)28)15-23(33)31(2)13-18-11-12-21(34-18)16-7-9-17(25)10-8-16/h3-12H,13-15H2,1-2H3,(H,29,32). The molecule has 10 heteroatoms. The molecule has 1 aromatic heterocycles. The van der Waals surface area contributed by atoms with Crippen molar-refractivity contribution in [1.82, 2.24) is 9.80 Å². The molecule has 1 N–H and O–H groups in total. The Bertz CT molecular complexity index is 1150. The van der Waals surface area contributed by atoms with Gasteiger partial charge in [0.05, 0.1) is 30.9 Å². The first-order valence-electron chi connectivity index (χ1n) is 10.3. The van der Waals surface area contributed by atoms with Gasteiger partial charge >= 0.3 is 6.18 Å². The Balaban J connectivity index is 1.52. The number of nitrogens with zero attached hydrogens (tertiary/aromatic N) is 2. The van der Waals surface area contributed by atoms with Gasteiger partial charge in [0.1, 0.15) is 11.5 Å². The molecular formula is C24H23ClF3N3O3. The van der Waals surface area contributed by atoms with E-state index in [1.165, 1.54) is 35.0 Å². The van der Waals surface area contributed by atoms with Crippen molar-refractivity contribution in [3.63, 3.8) is 0 Å². The van der Waals surface area contributed by atoms with Crippen LogP contribution >= 0.6 is 11.6 Å². The fourth-order valence-electron chi connectivity index (χ4n) is 3.24. The third kappa shape index (κ3) is 6.85. The molecule has 0 atom stereocenters. The van der Waals surface area contributed by atoms with E-state index in [4.69, 9.17) is 16.0 Å². The van der Waals surface area contributed by atoms with Gasteiger partial charge in [0.25, 0.3) is 0 Å². The zero-order valence-electron chi connectivity index (χ0n) is 18.5. The number of para-hydroxylation sites is 1. The fraction of sp³-hybridized carbons (Fsp3) is 0.250. The van der Waals surface area contributed by atoms with Crippen LogP contribution in [0, 0.1) is 0 Å². The Morgan fingerprint density at radius 1 is 0.971 bits per heavy atom. The van der Waals surface area contributed by atoms with E-state index < -0.39 is 17.6 Å². The number of benzene rings is 2. The number of halogens is 4. The number of carbonyl (C=O) groups excluding carboxylic acids is 2. The molecule has 6 nitrogen and oxygen atoms in total. The van der Waals surface area contributed by atoms with Crippen LogP contribution in [0.1, 0.15) is 11.3 Å². The van der Waals surface area contributed by atoms with E-state index in [1.807, 2.05) is 12.1 Å². The molecule has 0 fully saturated rings. The van der Waals surface area contributed by atoms with Gasteiger partial charge in [-0.25, -0.2) is 0 Å². The van der Waals surface area contributed by atoms with Gasteiger partial charge in [0.2, 0.25) is 11.8 Å². The maximum Gasteiger partial charge on any atom is 0.418 e. The number of anilines is 1. The summed E-state index contributed by atoms with van der Waals surface area (Å²) in [7, 11) is 3.13. The van der Waals surface area contributed by atoms with Crippen LogP contribution in [0.5, 0.6) is 0 Å². The van der Waals surface area contributed by atoms with Gasteiger partial charge in [-0.15, -0.1) is 0 Å². The van der Waals surface area contributed by atoms with Crippen LogP contribution in [0.15, 0.2) is 65.1 Å². The Kier molecular flexibility index (Phi) is 8.01. The predicted octanol–water partition coefficient (Wildman–Crippen LogP) is 5.15. The molecule has 0 bridgehead atoms. The summed E-state index contributed by atoms with van der Waals surface area (Å²) in [6.07, 6.45) is -4.59. The highest BCUT2D eigenvalue weighted by Gasteiger charge is 2.33. The highest BCUT2D eigenvalue weighted by Crippen LogP contribution is 2.34. The lowest BCUT2D eigenvalue weighted by atomic mass is 10.1. The minimum Gasteiger partial charge on any atom is -0.459 e. The van der Waals surface area contributed by atoms with E-state index in [0.29, 0.717) is 16.5 Å². The molecule has 34 heavy (non-hydrogen) atoms. The maximum atomic E-state index is 13.1. The number of carbonyl (C=O) groups is 2. The van der Waals surface area contributed by atoms with Gasteiger partial charge in [-0.1, -0.05) is 23.7 Å². The van der Waals surface area contributed by atoms with Crippen molar-refractivity contribution in [2.45, 2.75) is 12.7 Å². The van der Waals surface area contributed by atoms with E-state index in [-0.39, 0.29) is 31.2 Å². The van der Waals surface area contributed by atoms with Crippen LogP contribution < -0.4 is 5.32 Å². The van der Waals surface area contributed by atoms with E-state index in [9.17, 15) is 22.8 Å². The van der Waals surface area contributed by atoms with Crippen LogP contribution in [-0.4, -0.2) is 48.8 Å². The van der Waals surface area contributed by atoms with Crippen molar-refractivity contribution >= 4 is 29.1 Å². The van der Waals surface area contributed by atoms with Crippen molar-refractivity contribution in [3.8, 4) is 11.3 Å². The van der Waals surface area contributed by atoms with Crippen LogP contribution in [0.4, 0.5) is 18.9 Å². The second-order valence-corrected chi connectivity index (χ2v) is 8.22. The first-order chi connectivity index (χ1) is 16.0. The number of likely N-dealkylation sites (N-methyl/N-ethyl adjacent to an activating group) is 2. The lowest BCUT2D eigenvalue weighted by molar-refractivity contribution is -0.137. The van der Waals surface area contributed by atoms with E-state index in [1.54, 1.807) is 31.3 Å². The second-order valence-electron chi connectivity index (χ2n) is 7.79. The Morgan fingerprint density at radius 3 is 2.32 bits per heavy atom. The van der Waals surface area contributed by atoms with Crippen molar-refractivity contribution in [1.29, 1.82) is 0 Å². The molecule has 3 aromatic rings. The monoisotopic (exact) mass is 493 g/mol. The van der Waals surface area contributed by atoms with Gasteiger partial charge in [-0.3, -0.25) is 14.5 Å². The Morgan fingerprint density at radius 2 is 1.65 bits per heavy atom. The number of nitrogens with one attached hydrogen (secondary N) is 1. The largest absolute Gasteiger partial charge is 0.459 e. The maximum absolute atomic E-state index is 13.1. The molecule has 0 saturated carbocycles. The Hall–Kier alpha value is -3.30. The molecule has 2 aromatic carbocycles. The fourth-order valence-corrected chi connectivity index (χ4v) is 3.36. The van der Waals surface area contributed by atoms with Crippen molar-refractivity contribution in [2.24, 2.45) is 0 Å². The van der Waals surface area contributed by atoms with Crippen molar-refractivity contribution in [3.05, 3.63) is 77.0 Å². The van der Waals surface area contributed by atoms with Crippen LogP contribution in [0.25, 0.3) is 11.3 Å². The zero-order chi connectivity index (χ0) is 24.9. The smallest absolute Gasteiger partial charge is 0.418 e. The van der Waals surface area contributed by atoms with Crippen LogP contribution in [0.2, 0.25) is 5.02 Å². The number of hydrogen-bond acceptors (Lipinski definition) is 4. The number of alkyl halides is 3. The average molecular weight is 494 g/mol. The highest BCUT2D eigenvalue weighted by atomic mass is 35.5. The summed E-state index contributed by atoms with van der Waals surface area (Å²) in [6, 6.07) is 15.4. The lowest BCUT2D eigenvalue weighted by Crippen LogP contribution is -2.39. The Labute approximate surface area is 199 Å². The quantitative estimate of drug-likeness (QED) is 0.471. The molecule has 1 heterocycles. The molecule has 0 radical (unpaired) electrons. The number of hydrogen-bond donors (Lipinski definition) is 1. The third-order valence-electron chi connectivity index (χ3n) is 4.93. The average Bonchev–Trinajstić information content (AvgIpc) is 3.22. The predicted molar refractivity (Wildman–Crippen MR) is 123 cm³/mol. The molecule has 0 aliphatic carbocycles. The van der Waals surface area contributed by atoms with Gasteiger partial charge < -0.3 is 14.6 Å². The third-order valence-corrected chi connectivity index (χ3v) is 5.19. The SMILES string of the molecule is CN(CC(=O)Nc1ccccc1C(F)(F)F)CC(=O)N(C)Cc1ccc(-c2ccc(Cl)cc2)o1. The van der Waals surface area contributed by atoms with Gasteiger partial charge in [-0.05, 0) is 55.6 Å².